The first-order chi connectivity index (χ1) is 35.6. The number of thiophene rings is 1. The number of rotatable bonds is 6. The largest absolute Gasteiger partial charge is 0.311 e. The molecule has 0 saturated carbocycles. The van der Waals surface area contributed by atoms with Gasteiger partial charge < -0.3 is 14.7 Å². The highest BCUT2D eigenvalue weighted by Gasteiger charge is 2.49. The minimum absolute atomic E-state index is 0.00480. The Morgan fingerprint density at radius 2 is 1.01 bits per heavy atom. The topological polar surface area (TPSA) is 9.72 Å². The van der Waals surface area contributed by atoms with E-state index in [-0.39, 0.29) is 33.8 Å². The summed E-state index contributed by atoms with van der Waals surface area (Å²) in [6.07, 6.45) is 2.30. The second-order valence-electron chi connectivity index (χ2n) is 26.1. The summed E-state index contributed by atoms with van der Waals surface area (Å²) in [6.45, 7) is 31.0. The van der Waals surface area contributed by atoms with E-state index < -0.39 is 0 Å². The third-order valence-electron chi connectivity index (χ3n) is 16.9. The van der Waals surface area contributed by atoms with Crippen molar-refractivity contribution in [2.45, 2.75) is 130 Å². The zero-order valence-electron chi connectivity index (χ0n) is 46.5. The Balaban J connectivity index is 1.24. The Bertz CT molecular complexity index is 3660. The fraction of sp³-hybridized carbons (Fsp3) is 0.286. The van der Waals surface area contributed by atoms with E-state index in [4.69, 9.17) is 0 Å². The molecule has 3 nitrogen and oxygen atoms in total. The van der Waals surface area contributed by atoms with Crippen LogP contribution in [0.3, 0.4) is 0 Å². The van der Waals surface area contributed by atoms with Gasteiger partial charge in [-0.15, -0.1) is 11.3 Å². The number of nitrogens with zero attached hydrogens (tertiary/aromatic N) is 3. The van der Waals surface area contributed by atoms with Crippen molar-refractivity contribution in [1.29, 1.82) is 0 Å². The van der Waals surface area contributed by atoms with Gasteiger partial charge in [-0.3, -0.25) is 0 Å². The van der Waals surface area contributed by atoms with E-state index in [1.807, 2.05) is 11.3 Å². The van der Waals surface area contributed by atoms with Gasteiger partial charge in [0.25, 0.3) is 6.71 Å². The molecule has 0 fully saturated rings. The molecule has 376 valence electrons. The number of hydrogen-bond donors (Lipinski definition) is 0. The van der Waals surface area contributed by atoms with Crippen LogP contribution in [0, 0.1) is 0 Å². The summed E-state index contributed by atoms with van der Waals surface area (Å²) < 4.78 is 2.73. The maximum atomic E-state index is 2.70. The molecule has 0 bridgehead atoms. The molecule has 0 N–H and O–H groups in total. The number of hydrogen-bond acceptors (Lipinski definition) is 4. The van der Waals surface area contributed by atoms with Crippen molar-refractivity contribution in [2.24, 2.45) is 0 Å². The molecule has 3 heterocycles. The van der Waals surface area contributed by atoms with Crippen molar-refractivity contribution in [2.75, 3.05) is 14.7 Å². The zero-order chi connectivity index (χ0) is 52.6. The summed E-state index contributed by atoms with van der Waals surface area (Å²) in [6, 6.07) is 67.4. The molecule has 0 spiro atoms. The van der Waals surface area contributed by atoms with Crippen LogP contribution in [0.5, 0.6) is 0 Å². The van der Waals surface area contributed by atoms with Crippen molar-refractivity contribution in [3.8, 4) is 11.1 Å². The van der Waals surface area contributed by atoms with Gasteiger partial charge in [0.05, 0.1) is 11.4 Å². The Hall–Kier alpha value is -6.82. The van der Waals surface area contributed by atoms with Crippen molar-refractivity contribution in [3.63, 3.8) is 0 Å². The molecule has 0 radical (unpaired) electrons. The van der Waals surface area contributed by atoms with Gasteiger partial charge in [-0.2, -0.15) is 0 Å². The molecule has 3 aliphatic rings. The van der Waals surface area contributed by atoms with Gasteiger partial charge in [0, 0.05) is 54.7 Å². The maximum Gasteiger partial charge on any atom is 0.264 e. The Kier molecular flexibility index (Phi) is 11.4. The lowest BCUT2D eigenvalue weighted by molar-refractivity contribution is 0.332. The van der Waals surface area contributed by atoms with Gasteiger partial charge in [0.1, 0.15) is 0 Å². The fourth-order valence-corrected chi connectivity index (χ4v) is 13.8. The molecule has 75 heavy (non-hydrogen) atoms. The Morgan fingerprint density at radius 1 is 0.467 bits per heavy atom. The standard InChI is InChI=1S/C70H72BN3S/c1-66(2,3)47-30-35-51(36-31-47)73-60-41-52(72(49-24-18-15-19-25-49)50-33-28-46(29-34-50)45-22-16-14-17-23-45)42-61-63(60)71(65-64(73)53-40-48(67(4,5)6)32-37-62(53)75-65)57-43-55-56(70(12,13)39-38-69(55,10)11)44-59(57)74(61)58-27-21-20-26-54(58)68(7,8)9/h14-37,40-44H,38-39H2,1-13H3. The number of fused-ring (bicyclic) bond motifs is 7. The minimum atomic E-state index is -0.137. The van der Waals surface area contributed by atoms with Crippen molar-refractivity contribution >= 4 is 95.0 Å². The van der Waals surface area contributed by atoms with Crippen LogP contribution in [-0.2, 0) is 27.1 Å². The monoisotopic (exact) mass is 998 g/mol. The molecule has 0 unspecified atom stereocenters. The molecule has 8 aromatic carbocycles. The van der Waals surface area contributed by atoms with E-state index >= 15 is 0 Å². The van der Waals surface area contributed by atoms with E-state index in [2.05, 4.69) is 281 Å². The van der Waals surface area contributed by atoms with Gasteiger partial charge >= 0.3 is 0 Å². The minimum Gasteiger partial charge on any atom is -0.311 e. The Morgan fingerprint density at radius 3 is 1.64 bits per heavy atom. The van der Waals surface area contributed by atoms with Crippen LogP contribution in [0.4, 0.5) is 51.2 Å². The van der Waals surface area contributed by atoms with Crippen molar-refractivity contribution in [3.05, 3.63) is 204 Å². The molecule has 1 aromatic heterocycles. The van der Waals surface area contributed by atoms with Crippen molar-refractivity contribution in [1.82, 2.24) is 0 Å². The highest BCUT2D eigenvalue weighted by atomic mass is 32.1. The average molecular weight is 998 g/mol. The first kappa shape index (κ1) is 49.1. The molecule has 5 heteroatoms. The van der Waals surface area contributed by atoms with Gasteiger partial charge in [-0.25, -0.2) is 0 Å². The highest BCUT2D eigenvalue weighted by Crippen LogP contribution is 2.54. The van der Waals surface area contributed by atoms with Gasteiger partial charge in [-0.05, 0) is 163 Å². The molecule has 0 amide bonds. The van der Waals surface area contributed by atoms with Crippen LogP contribution in [0.1, 0.15) is 131 Å². The number of benzene rings is 8. The highest BCUT2D eigenvalue weighted by molar-refractivity contribution is 7.33. The lowest BCUT2D eigenvalue weighted by Gasteiger charge is -2.47. The second kappa shape index (κ2) is 17.4. The van der Waals surface area contributed by atoms with E-state index in [0.29, 0.717) is 0 Å². The summed E-state index contributed by atoms with van der Waals surface area (Å²) >= 11 is 2.00. The van der Waals surface area contributed by atoms with Gasteiger partial charge in [-0.1, -0.05) is 193 Å². The van der Waals surface area contributed by atoms with Crippen LogP contribution in [0.15, 0.2) is 176 Å². The molecule has 2 aliphatic heterocycles. The molecule has 0 atom stereocenters. The number of para-hydroxylation sites is 2. The maximum absolute atomic E-state index is 2.70. The smallest absolute Gasteiger partial charge is 0.264 e. The van der Waals surface area contributed by atoms with Crippen LogP contribution in [0.25, 0.3) is 21.2 Å². The Labute approximate surface area is 452 Å². The van der Waals surface area contributed by atoms with Crippen LogP contribution >= 0.6 is 11.3 Å². The van der Waals surface area contributed by atoms with Gasteiger partial charge in [0.2, 0.25) is 0 Å². The lowest BCUT2D eigenvalue weighted by atomic mass is 9.35. The first-order valence-electron chi connectivity index (χ1n) is 27.3. The molecule has 1 aliphatic carbocycles. The second-order valence-corrected chi connectivity index (χ2v) is 27.2. The molecule has 12 rings (SSSR count). The quantitative estimate of drug-likeness (QED) is 0.154. The summed E-state index contributed by atoms with van der Waals surface area (Å²) in [5.74, 6) is 0. The van der Waals surface area contributed by atoms with E-state index in [1.54, 1.807) is 0 Å². The molecular formula is C70H72BN3S. The zero-order valence-corrected chi connectivity index (χ0v) is 47.3. The summed E-state index contributed by atoms with van der Waals surface area (Å²) in [7, 11) is 0. The molecule has 0 saturated heterocycles. The number of anilines is 9. The van der Waals surface area contributed by atoms with E-state index in [9.17, 15) is 0 Å². The normalized spacial score (nSPS) is 15.6. The summed E-state index contributed by atoms with van der Waals surface area (Å²) in [4.78, 5) is 7.85. The third kappa shape index (κ3) is 8.24. The van der Waals surface area contributed by atoms with E-state index in [1.165, 1.54) is 98.9 Å². The third-order valence-corrected chi connectivity index (χ3v) is 18.2. The average Bonchev–Trinajstić information content (AvgIpc) is 3.78. The molecule has 9 aromatic rings. The van der Waals surface area contributed by atoms with Crippen LogP contribution in [0.2, 0.25) is 0 Å². The predicted molar refractivity (Wildman–Crippen MR) is 327 cm³/mol. The predicted octanol–water partition coefficient (Wildman–Crippen LogP) is 18.4. The SMILES string of the molecule is CC(C)(C)c1ccc(N2c3cc(N(c4ccccc4)c4ccc(-c5ccccc5)cc4)cc4c3B(c3cc5c(cc3N4c3ccccc3C(C)(C)C)C(C)(C)CCC5(C)C)c3sc4ccc(C(C)(C)C)cc4c32)cc1. The summed E-state index contributed by atoms with van der Waals surface area (Å²) in [5, 5.41) is 1.32. The molecular weight excluding hydrogens is 926 g/mol. The first-order valence-corrected chi connectivity index (χ1v) is 28.1. The van der Waals surface area contributed by atoms with Crippen LogP contribution in [-0.4, -0.2) is 6.71 Å². The lowest BCUT2D eigenvalue weighted by Crippen LogP contribution is -2.61. The van der Waals surface area contributed by atoms with Gasteiger partial charge in [0.15, 0.2) is 0 Å². The van der Waals surface area contributed by atoms with Crippen molar-refractivity contribution < 1.29 is 0 Å². The fourth-order valence-electron chi connectivity index (χ4n) is 12.5. The summed E-state index contributed by atoms with van der Waals surface area (Å²) in [5.41, 5.74) is 22.7. The van der Waals surface area contributed by atoms with E-state index in [0.717, 1.165) is 29.9 Å². The van der Waals surface area contributed by atoms with Crippen LogP contribution < -0.4 is 30.4 Å².